The Morgan fingerprint density at radius 3 is 3.06 bits per heavy atom. The molecule has 6 heteroatoms. The Bertz CT molecular complexity index is 552. The first-order chi connectivity index (χ1) is 8.25. The number of hydrogen-bond donors (Lipinski definition) is 1. The smallest absolute Gasteiger partial charge is 0.307 e. The molecule has 2 aromatic rings. The van der Waals surface area contributed by atoms with Crippen LogP contribution in [0.4, 0.5) is 0 Å². The minimum Gasteiger partial charge on any atom is -0.481 e. The molecular formula is C11H9N3O3. The van der Waals surface area contributed by atoms with Crippen LogP contribution in [0.25, 0.3) is 11.4 Å². The summed E-state index contributed by atoms with van der Waals surface area (Å²) in [6.07, 6.45) is 3.87. The second-order valence-corrected chi connectivity index (χ2v) is 3.98. The SMILES string of the molecule is O=C(O)C1CC1c1nc(-c2cccnc2)no1. The van der Waals surface area contributed by atoms with E-state index in [1.807, 2.05) is 6.07 Å². The van der Waals surface area contributed by atoms with Gasteiger partial charge < -0.3 is 9.63 Å². The summed E-state index contributed by atoms with van der Waals surface area (Å²) in [6, 6.07) is 3.60. The molecule has 17 heavy (non-hydrogen) atoms. The lowest BCUT2D eigenvalue weighted by molar-refractivity contribution is -0.138. The molecular weight excluding hydrogens is 222 g/mol. The lowest BCUT2D eigenvalue weighted by atomic mass is 10.3. The van der Waals surface area contributed by atoms with Crippen LogP contribution in [0.2, 0.25) is 0 Å². The maximum atomic E-state index is 10.7. The van der Waals surface area contributed by atoms with Crippen LogP contribution in [0.3, 0.4) is 0 Å². The van der Waals surface area contributed by atoms with E-state index < -0.39 is 5.97 Å². The Labute approximate surface area is 96.3 Å². The Morgan fingerprint density at radius 2 is 2.41 bits per heavy atom. The molecule has 2 aromatic heterocycles. The molecule has 0 amide bonds. The number of aromatic nitrogens is 3. The average molecular weight is 231 g/mol. The average Bonchev–Trinajstić information content (AvgIpc) is 3.01. The van der Waals surface area contributed by atoms with Gasteiger partial charge in [0.05, 0.1) is 11.8 Å². The molecule has 1 aliphatic carbocycles. The molecule has 0 saturated heterocycles. The third-order valence-corrected chi connectivity index (χ3v) is 2.79. The first-order valence-electron chi connectivity index (χ1n) is 5.22. The molecule has 1 N–H and O–H groups in total. The molecule has 2 atom stereocenters. The summed E-state index contributed by atoms with van der Waals surface area (Å²) >= 11 is 0. The van der Waals surface area contributed by atoms with E-state index in [-0.39, 0.29) is 11.8 Å². The van der Waals surface area contributed by atoms with Crippen molar-refractivity contribution in [2.24, 2.45) is 5.92 Å². The maximum absolute atomic E-state index is 10.7. The lowest BCUT2D eigenvalue weighted by Crippen LogP contribution is -1.98. The van der Waals surface area contributed by atoms with Gasteiger partial charge in [-0.1, -0.05) is 5.16 Å². The monoisotopic (exact) mass is 231 g/mol. The summed E-state index contributed by atoms with van der Waals surface area (Å²) in [5.74, 6) is -0.473. The highest BCUT2D eigenvalue weighted by Gasteiger charge is 2.48. The molecule has 2 unspecified atom stereocenters. The Hall–Kier alpha value is -2.24. The fourth-order valence-electron chi connectivity index (χ4n) is 1.74. The van der Waals surface area contributed by atoms with Crippen LogP contribution in [0.1, 0.15) is 18.2 Å². The van der Waals surface area contributed by atoms with Gasteiger partial charge in [0.25, 0.3) is 0 Å². The van der Waals surface area contributed by atoms with Crippen LogP contribution >= 0.6 is 0 Å². The minimum atomic E-state index is -0.809. The van der Waals surface area contributed by atoms with Gasteiger partial charge in [0.2, 0.25) is 11.7 Å². The van der Waals surface area contributed by atoms with Crippen LogP contribution in [-0.4, -0.2) is 26.2 Å². The van der Waals surface area contributed by atoms with Gasteiger partial charge in [0.15, 0.2) is 0 Å². The van der Waals surface area contributed by atoms with Gasteiger partial charge >= 0.3 is 5.97 Å². The number of aliphatic carboxylic acids is 1. The molecule has 1 fully saturated rings. The second kappa shape index (κ2) is 3.65. The van der Waals surface area contributed by atoms with Gasteiger partial charge in [0, 0.05) is 18.0 Å². The van der Waals surface area contributed by atoms with E-state index in [4.69, 9.17) is 9.63 Å². The Morgan fingerprint density at radius 1 is 1.53 bits per heavy atom. The fraction of sp³-hybridized carbons (Fsp3) is 0.273. The molecule has 0 radical (unpaired) electrons. The van der Waals surface area contributed by atoms with E-state index >= 15 is 0 Å². The summed E-state index contributed by atoms with van der Waals surface area (Å²) in [7, 11) is 0. The summed E-state index contributed by atoms with van der Waals surface area (Å²) < 4.78 is 5.07. The zero-order valence-electron chi connectivity index (χ0n) is 8.78. The van der Waals surface area contributed by atoms with Gasteiger partial charge in [-0.15, -0.1) is 0 Å². The van der Waals surface area contributed by atoms with E-state index in [1.54, 1.807) is 18.5 Å². The van der Waals surface area contributed by atoms with Crippen molar-refractivity contribution in [3.05, 3.63) is 30.4 Å². The topological polar surface area (TPSA) is 89.1 Å². The quantitative estimate of drug-likeness (QED) is 0.856. The molecule has 0 aliphatic heterocycles. The first kappa shape index (κ1) is 9.95. The van der Waals surface area contributed by atoms with Crippen LogP contribution in [-0.2, 0) is 4.79 Å². The van der Waals surface area contributed by atoms with E-state index in [2.05, 4.69) is 15.1 Å². The molecule has 6 nitrogen and oxygen atoms in total. The number of hydrogen-bond acceptors (Lipinski definition) is 5. The van der Waals surface area contributed by atoms with Gasteiger partial charge in [-0.2, -0.15) is 4.98 Å². The van der Waals surface area contributed by atoms with Crippen molar-refractivity contribution in [2.75, 3.05) is 0 Å². The number of nitrogens with zero attached hydrogens (tertiary/aromatic N) is 3. The van der Waals surface area contributed by atoms with Crippen LogP contribution in [0.5, 0.6) is 0 Å². The predicted molar refractivity (Wildman–Crippen MR) is 56.0 cm³/mol. The number of carbonyl (C=O) groups is 1. The zero-order valence-corrected chi connectivity index (χ0v) is 8.78. The van der Waals surface area contributed by atoms with E-state index in [0.717, 1.165) is 5.56 Å². The highest BCUT2D eigenvalue weighted by Crippen LogP contribution is 2.47. The lowest BCUT2D eigenvalue weighted by Gasteiger charge is -1.90. The first-order valence-corrected chi connectivity index (χ1v) is 5.22. The molecule has 2 heterocycles. The second-order valence-electron chi connectivity index (χ2n) is 3.98. The summed E-state index contributed by atoms with van der Waals surface area (Å²) in [5.41, 5.74) is 0.759. The van der Waals surface area contributed by atoms with E-state index in [0.29, 0.717) is 18.1 Å². The molecule has 86 valence electrons. The van der Waals surface area contributed by atoms with Crippen molar-refractivity contribution in [1.82, 2.24) is 15.1 Å². The minimum absolute atomic E-state index is 0.134. The number of carboxylic acids is 1. The van der Waals surface area contributed by atoms with Crippen molar-refractivity contribution >= 4 is 5.97 Å². The highest BCUT2D eigenvalue weighted by atomic mass is 16.5. The molecule has 0 aromatic carbocycles. The Balaban J connectivity index is 1.83. The van der Waals surface area contributed by atoms with Crippen molar-refractivity contribution in [3.63, 3.8) is 0 Å². The molecule has 3 rings (SSSR count). The summed E-state index contributed by atoms with van der Waals surface area (Å²) in [6.45, 7) is 0. The van der Waals surface area contributed by atoms with Crippen LogP contribution < -0.4 is 0 Å². The van der Waals surface area contributed by atoms with Crippen molar-refractivity contribution in [1.29, 1.82) is 0 Å². The van der Waals surface area contributed by atoms with E-state index in [1.165, 1.54) is 0 Å². The zero-order chi connectivity index (χ0) is 11.8. The number of rotatable bonds is 3. The molecule has 1 aliphatic rings. The van der Waals surface area contributed by atoms with Gasteiger partial charge in [-0.3, -0.25) is 9.78 Å². The number of carboxylic acid groups (broad SMARTS) is 1. The summed E-state index contributed by atoms with van der Waals surface area (Å²) in [4.78, 5) is 18.9. The molecule has 0 bridgehead atoms. The third kappa shape index (κ3) is 1.77. The maximum Gasteiger partial charge on any atom is 0.307 e. The predicted octanol–water partition coefficient (Wildman–Crippen LogP) is 1.32. The number of pyridine rings is 1. The molecule has 0 spiro atoms. The van der Waals surface area contributed by atoms with Gasteiger partial charge in [0.1, 0.15) is 0 Å². The Kier molecular flexibility index (Phi) is 2.14. The van der Waals surface area contributed by atoms with Gasteiger partial charge in [-0.25, -0.2) is 0 Å². The normalized spacial score (nSPS) is 22.4. The van der Waals surface area contributed by atoms with Crippen molar-refractivity contribution in [2.45, 2.75) is 12.3 Å². The fourth-order valence-corrected chi connectivity index (χ4v) is 1.74. The van der Waals surface area contributed by atoms with Crippen LogP contribution in [0, 0.1) is 5.92 Å². The largest absolute Gasteiger partial charge is 0.481 e. The van der Waals surface area contributed by atoms with Crippen LogP contribution in [0.15, 0.2) is 29.0 Å². The highest BCUT2D eigenvalue weighted by molar-refractivity contribution is 5.74. The van der Waals surface area contributed by atoms with E-state index in [9.17, 15) is 4.79 Å². The summed E-state index contributed by atoms with van der Waals surface area (Å²) in [5, 5.41) is 12.6. The third-order valence-electron chi connectivity index (χ3n) is 2.79. The van der Waals surface area contributed by atoms with Crippen molar-refractivity contribution in [3.8, 4) is 11.4 Å². The van der Waals surface area contributed by atoms with Gasteiger partial charge in [-0.05, 0) is 18.6 Å². The standard InChI is InChI=1S/C11H9N3O3/c15-11(16)8-4-7(8)10-13-9(14-17-10)6-2-1-3-12-5-6/h1-3,5,7-8H,4H2,(H,15,16). The molecule has 1 saturated carbocycles. The van der Waals surface area contributed by atoms with Crippen molar-refractivity contribution < 1.29 is 14.4 Å².